The van der Waals surface area contributed by atoms with Crippen LogP contribution in [0.25, 0.3) is 5.76 Å². The van der Waals surface area contributed by atoms with Crippen molar-refractivity contribution in [2.75, 3.05) is 20.3 Å². The van der Waals surface area contributed by atoms with Crippen molar-refractivity contribution in [3.63, 3.8) is 0 Å². The molecule has 1 aliphatic rings. The van der Waals surface area contributed by atoms with E-state index in [-0.39, 0.29) is 36.3 Å². The topological polar surface area (TPSA) is 96.3 Å². The van der Waals surface area contributed by atoms with Crippen molar-refractivity contribution in [2.24, 2.45) is 0 Å². The minimum atomic E-state index is -0.822. The molecule has 1 heterocycles. The predicted octanol–water partition coefficient (Wildman–Crippen LogP) is 3.86. The van der Waals surface area contributed by atoms with Crippen LogP contribution in [-0.4, -0.2) is 53.2 Å². The number of amides is 1. The van der Waals surface area contributed by atoms with E-state index < -0.39 is 17.7 Å². The van der Waals surface area contributed by atoms with Crippen molar-refractivity contribution in [1.82, 2.24) is 4.90 Å². The van der Waals surface area contributed by atoms with E-state index in [1.165, 1.54) is 24.1 Å². The van der Waals surface area contributed by atoms with Crippen molar-refractivity contribution < 1.29 is 29.3 Å². The van der Waals surface area contributed by atoms with Crippen LogP contribution in [0.2, 0.25) is 0 Å². The molecule has 1 fully saturated rings. The number of hydrogen-bond donors (Lipinski definition) is 2. The summed E-state index contributed by atoms with van der Waals surface area (Å²) >= 11 is 0. The SMILES string of the molecule is COc1c(C)cc(C)cc1/C(O)=C1\C(=O)C(=O)N(CCOC(C)C)C1c1ccc(O)cc1. The van der Waals surface area contributed by atoms with Crippen LogP contribution in [-0.2, 0) is 14.3 Å². The Morgan fingerprint density at radius 3 is 2.38 bits per heavy atom. The fourth-order valence-corrected chi connectivity index (χ4v) is 4.05. The van der Waals surface area contributed by atoms with Gasteiger partial charge in [0.1, 0.15) is 17.3 Å². The Hall–Kier alpha value is -3.32. The Kier molecular flexibility index (Phi) is 6.89. The number of rotatable bonds is 7. The van der Waals surface area contributed by atoms with Crippen molar-refractivity contribution in [3.05, 3.63) is 64.2 Å². The van der Waals surface area contributed by atoms with Crippen LogP contribution in [0, 0.1) is 13.8 Å². The number of phenolic OH excluding ortho intramolecular Hbond substituents is 1. The second-order valence-corrected chi connectivity index (χ2v) is 8.17. The molecule has 0 aromatic heterocycles. The van der Waals surface area contributed by atoms with Gasteiger partial charge < -0.3 is 24.6 Å². The van der Waals surface area contributed by atoms with Gasteiger partial charge in [0.05, 0.1) is 37.0 Å². The fraction of sp³-hybridized carbons (Fsp3) is 0.360. The summed E-state index contributed by atoms with van der Waals surface area (Å²) in [5, 5.41) is 21.0. The maximum atomic E-state index is 13.1. The van der Waals surface area contributed by atoms with Crippen LogP contribution in [0.3, 0.4) is 0 Å². The summed E-state index contributed by atoms with van der Waals surface area (Å²) < 4.78 is 11.1. The number of carbonyl (C=O) groups is 2. The number of likely N-dealkylation sites (tertiary alicyclic amines) is 1. The molecule has 1 unspecified atom stereocenters. The summed E-state index contributed by atoms with van der Waals surface area (Å²) in [7, 11) is 1.49. The smallest absolute Gasteiger partial charge is 0.295 e. The van der Waals surface area contributed by atoms with Gasteiger partial charge in [0.15, 0.2) is 0 Å². The lowest BCUT2D eigenvalue weighted by atomic mass is 9.93. The van der Waals surface area contributed by atoms with Gasteiger partial charge in [-0.05, 0) is 62.6 Å². The van der Waals surface area contributed by atoms with Gasteiger partial charge in [-0.1, -0.05) is 18.2 Å². The Morgan fingerprint density at radius 1 is 1.12 bits per heavy atom. The van der Waals surface area contributed by atoms with Gasteiger partial charge in [-0.3, -0.25) is 9.59 Å². The molecular weight excluding hydrogens is 410 g/mol. The van der Waals surface area contributed by atoms with E-state index in [4.69, 9.17) is 9.47 Å². The second-order valence-electron chi connectivity index (χ2n) is 8.17. The van der Waals surface area contributed by atoms with E-state index in [0.29, 0.717) is 16.9 Å². The zero-order valence-corrected chi connectivity index (χ0v) is 19.0. The standard InChI is InChI=1S/C25H29NO6/c1-14(2)32-11-10-26-21(17-6-8-18(27)9-7-17)20(23(29)25(26)30)22(28)19-13-15(3)12-16(4)24(19)31-5/h6-9,12-14,21,27-28H,10-11H2,1-5H3/b22-20+. The van der Waals surface area contributed by atoms with E-state index in [0.717, 1.165) is 11.1 Å². The minimum Gasteiger partial charge on any atom is -0.508 e. The number of ether oxygens (including phenoxy) is 2. The molecule has 7 heteroatoms. The molecule has 0 bridgehead atoms. The van der Waals surface area contributed by atoms with Crippen LogP contribution < -0.4 is 4.74 Å². The van der Waals surface area contributed by atoms with Crippen molar-refractivity contribution in [1.29, 1.82) is 0 Å². The summed E-state index contributed by atoms with van der Waals surface area (Å²) in [6, 6.07) is 9.05. The number of carbonyl (C=O) groups excluding carboxylic acids is 2. The molecule has 2 aromatic carbocycles. The zero-order chi connectivity index (χ0) is 23.6. The van der Waals surface area contributed by atoms with Crippen molar-refractivity contribution in [2.45, 2.75) is 39.8 Å². The molecule has 32 heavy (non-hydrogen) atoms. The number of aryl methyl sites for hydroxylation is 2. The third kappa shape index (κ3) is 4.48. The lowest BCUT2D eigenvalue weighted by Gasteiger charge is -2.26. The molecule has 2 aromatic rings. The van der Waals surface area contributed by atoms with E-state index >= 15 is 0 Å². The van der Waals surface area contributed by atoms with Gasteiger partial charge in [0, 0.05) is 6.54 Å². The van der Waals surface area contributed by atoms with Crippen LogP contribution >= 0.6 is 0 Å². The first-order chi connectivity index (χ1) is 15.1. The summed E-state index contributed by atoms with van der Waals surface area (Å²) in [6.07, 6.45) is -0.0292. The number of hydrogen-bond acceptors (Lipinski definition) is 6. The predicted molar refractivity (Wildman–Crippen MR) is 121 cm³/mol. The number of phenols is 1. The van der Waals surface area contributed by atoms with E-state index in [9.17, 15) is 19.8 Å². The molecule has 7 nitrogen and oxygen atoms in total. The quantitative estimate of drug-likeness (QED) is 0.386. The van der Waals surface area contributed by atoms with E-state index in [2.05, 4.69) is 0 Å². The number of nitrogens with zero attached hydrogens (tertiary/aromatic N) is 1. The van der Waals surface area contributed by atoms with Crippen LogP contribution in [0.1, 0.15) is 42.1 Å². The maximum absolute atomic E-state index is 13.1. The highest BCUT2D eigenvalue weighted by Gasteiger charge is 2.46. The Bertz CT molecular complexity index is 1050. The minimum absolute atomic E-state index is 0.0199. The molecule has 0 aliphatic carbocycles. The van der Waals surface area contributed by atoms with E-state index in [1.54, 1.807) is 18.2 Å². The molecular formula is C25H29NO6. The zero-order valence-electron chi connectivity index (χ0n) is 19.0. The molecule has 0 saturated carbocycles. The number of benzene rings is 2. The number of methoxy groups -OCH3 is 1. The molecule has 170 valence electrons. The lowest BCUT2D eigenvalue weighted by Crippen LogP contribution is -2.33. The number of ketones is 1. The number of aliphatic hydroxyl groups excluding tert-OH is 1. The Morgan fingerprint density at radius 2 is 1.78 bits per heavy atom. The molecule has 0 radical (unpaired) electrons. The molecule has 0 spiro atoms. The van der Waals surface area contributed by atoms with Gasteiger partial charge in [-0.25, -0.2) is 0 Å². The first-order valence-electron chi connectivity index (χ1n) is 10.5. The highest BCUT2D eigenvalue weighted by molar-refractivity contribution is 6.46. The molecule has 1 aliphatic heterocycles. The van der Waals surface area contributed by atoms with Gasteiger partial charge in [0.2, 0.25) is 0 Å². The molecule has 2 N–H and O–H groups in total. The first kappa shape index (κ1) is 23.3. The number of aliphatic hydroxyl groups is 1. The Balaban J connectivity index is 2.18. The highest BCUT2D eigenvalue weighted by Crippen LogP contribution is 2.41. The van der Waals surface area contributed by atoms with Crippen molar-refractivity contribution in [3.8, 4) is 11.5 Å². The van der Waals surface area contributed by atoms with Crippen LogP contribution in [0.4, 0.5) is 0 Å². The third-order valence-corrected chi connectivity index (χ3v) is 5.41. The first-order valence-corrected chi connectivity index (χ1v) is 10.5. The monoisotopic (exact) mass is 439 g/mol. The van der Waals surface area contributed by atoms with Gasteiger partial charge in [0.25, 0.3) is 11.7 Å². The van der Waals surface area contributed by atoms with Gasteiger partial charge in [-0.15, -0.1) is 0 Å². The van der Waals surface area contributed by atoms with Gasteiger partial charge >= 0.3 is 0 Å². The Labute approximate surface area is 187 Å². The molecule has 1 saturated heterocycles. The summed E-state index contributed by atoms with van der Waals surface area (Å²) in [6.45, 7) is 7.92. The largest absolute Gasteiger partial charge is 0.508 e. The number of Topliss-reactive ketones (excluding diaryl/α,β-unsaturated/α-hetero) is 1. The average Bonchev–Trinajstić information content (AvgIpc) is 2.98. The second kappa shape index (κ2) is 9.44. The summed E-state index contributed by atoms with van der Waals surface area (Å²) in [4.78, 5) is 27.5. The van der Waals surface area contributed by atoms with Crippen LogP contribution in [0.5, 0.6) is 11.5 Å². The molecule has 1 amide bonds. The lowest BCUT2D eigenvalue weighted by molar-refractivity contribution is -0.140. The van der Waals surface area contributed by atoms with Crippen molar-refractivity contribution >= 4 is 17.4 Å². The maximum Gasteiger partial charge on any atom is 0.295 e. The molecule has 1 atom stereocenters. The third-order valence-electron chi connectivity index (χ3n) is 5.41. The summed E-state index contributed by atoms with van der Waals surface area (Å²) in [5.74, 6) is -1.28. The van der Waals surface area contributed by atoms with Gasteiger partial charge in [-0.2, -0.15) is 0 Å². The van der Waals surface area contributed by atoms with E-state index in [1.807, 2.05) is 33.8 Å². The fourth-order valence-electron chi connectivity index (χ4n) is 4.05. The van der Waals surface area contributed by atoms with Crippen LogP contribution in [0.15, 0.2) is 42.0 Å². The highest BCUT2D eigenvalue weighted by atomic mass is 16.5. The normalized spacial score (nSPS) is 17.9. The molecule has 3 rings (SSSR count). The number of aromatic hydroxyl groups is 1. The summed E-state index contributed by atoms with van der Waals surface area (Å²) in [5.41, 5.74) is 2.61. The average molecular weight is 440 g/mol.